The Labute approximate surface area is 101 Å². The van der Waals surface area contributed by atoms with E-state index < -0.39 is 7.32 Å². The summed E-state index contributed by atoms with van der Waals surface area (Å²) in [5.41, 5.74) is 2.70. The molecule has 17 heavy (non-hydrogen) atoms. The van der Waals surface area contributed by atoms with Crippen LogP contribution in [-0.4, -0.2) is 48.7 Å². The van der Waals surface area contributed by atoms with Gasteiger partial charge in [-0.3, -0.25) is 0 Å². The number of nitrogens with zero attached hydrogens (tertiary/aromatic N) is 1. The van der Waals surface area contributed by atoms with Crippen molar-refractivity contribution in [1.82, 2.24) is 0 Å². The molecule has 1 aromatic carbocycles. The second-order valence-electron chi connectivity index (χ2n) is 3.73. The van der Waals surface area contributed by atoms with Gasteiger partial charge in [0.15, 0.2) is 0 Å². The number of rotatable bonds is 1. The van der Waals surface area contributed by atoms with E-state index in [1.807, 2.05) is 0 Å². The molecule has 2 rings (SSSR count). The SMILES string of the molecule is Cc1ccccc1N1CCOCC1.OB(O)O. The largest absolute Gasteiger partial charge is 0.631 e. The summed E-state index contributed by atoms with van der Waals surface area (Å²) in [4.78, 5) is 2.39. The molecule has 3 N–H and O–H groups in total. The summed E-state index contributed by atoms with van der Waals surface area (Å²) in [6, 6.07) is 8.52. The Kier molecular flexibility index (Phi) is 6.00. The Morgan fingerprint density at radius 1 is 1.12 bits per heavy atom. The molecule has 1 fully saturated rings. The zero-order valence-corrected chi connectivity index (χ0v) is 9.91. The number of hydrogen-bond donors (Lipinski definition) is 3. The predicted molar refractivity (Wildman–Crippen MR) is 66.6 cm³/mol. The highest BCUT2D eigenvalue weighted by molar-refractivity contribution is 6.30. The highest BCUT2D eigenvalue weighted by Gasteiger charge is 2.11. The fourth-order valence-corrected chi connectivity index (χ4v) is 1.72. The highest BCUT2D eigenvalue weighted by atomic mass is 16.5. The molecule has 0 aromatic heterocycles. The summed E-state index contributed by atoms with van der Waals surface area (Å²) in [6.45, 7) is 5.91. The van der Waals surface area contributed by atoms with Crippen LogP contribution < -0.4 is 4.90 Å². The molecule has 0 saturated carbocycles. The van der Waals surface area contributed by atoms with E-state index >= 15 is 0 Å². The molecule has 1 aliphatic rings. The van der Waals surface area contributed by atoms with Gasteiger partial charge in [-0.15, -0.1) is 0 Å². The van der Waals surface area contributed by atoms with Gasteiger partial charge in [-0.1, -0.05) is 18.2 Å². The summed E-state index contributed by atoms with van der Waals surface area (Å²) in [5, 5.41) is 21.5. The predicted octanol–water partition coefficient (Wildman–Crippen LogP) is -0.220. The maximum atomic E-state index is 7.17. The summed E-state index contributed by atoms with van der Waals surface area (Å²) in [5.74, 6) is 0. The van der Waals surface area contributed by atoms with Crippen molar-refractivity contribution in [2.24, 2.45) is 0 Å². The molecule has 5 nitrogen and oxygen atoms in total. The van der Waals surface area contributed by atoms with E-state index in [0.29, 0.717) is 0 Å². The number of aryl methyl sites for hydroxylation is 1. The van der Waals surface area contributed by atoms with Crippen LogP contribution in [0.2, 0.25) is 0 Å². The molecule has 0 unspecified atom stereocenters. The normalized spacial score (nSPS) is 14.9. The lowest BCUT2D eigenvalue weighted by atomic mass is 10.2. The average Bonchev–Trinajstić information content (AvgIpc) is 2.30. The van der Waals surface area contributed by atoms with Crippen molar-refractivity contribution in [2.75, 3.05) is 31.2 Å². The number of benzene rings is 1. The van der Waals surface area contributed by atoms with Crippen LogP contribution in [0.5, 0.6) is 0 Å². The van der Waals surface area contributed by atoms with Crippen LogP contribution in [0.15, 0.2) is 24.3 Å². The molecule has 0 bridgehead atoms. The van der Waals surface area contributed by atoms with Crippen LogP contribution in [-0.2, 0) is 4.74 Å². The number of ether oxygens (including phenoxy) is 1. The minimum atomic E-state index is -2.17. The second-order valence-corrected chi connectivity index (χ2v) is 3.73. The van der Waals surface area contributed by atoms with Gasteiger partial charge in [0.1, 0.15) is 0 Å². The van der Waals surface area contributed by atoms with E-state index in [1.54, 1.807) is 0 Å². The number of para-hydroxylation sites is 1. The summed E-state index contributed by atoms with van der Waals surface area (Å²) in [7, 11) is -2.17. The third-order valence-electron chi connectivity index (χ3n) is 2.47. The van der Waals surface area contributed by atoms with Crippen molar-refractivity contribution < 1.29 is 19.8 Å². The molecule has 0 amide bonds. The van der Waals surface area contributed by atoms with Gasteiger partial charge in [0.25, 0.3) is 0 Å². The molecule has 1 aromatic rings. The molecule has 1 heterocycles. The van der Waals surface area contributed by atoms with Crippen LogP contribution in [0.4, 0.5) is 5.69 Å². The third-order valence-corrected chi connectivity index (χ3v) is 2.47. The van der Waals surface area contributed by atoms with E-state index in [9.17, 15) is 0 Å². The molecule has 0 atom stereocenters. The summed E-state index contributed by atoms with van der Waals surface area (Å²) >= 11 is 0. The standard InChI is InChI=1S/C11H15NO.BH3O3/c1-10-4-2-3-5-11(10)12-6-8-13-9-7-12;2-1(3)4/h2-5H,6-9H2,1H3;2-4H. The maximum Gasteiger partial charge on any atom is 0.631 e. The number of morpholine rings is 1. The molecule has 0 aliphatic carbocycles. The van der Waals surface area contributed by atoms with Crippen molar-refractivity contribution in [2.45, 2.75) is 6.92 Å². The molecule has 0 radical (unpaired) electrons. The average molecular weight is 239 g/mol. The molecule has 94 valence electrons. The number of hydrogen-bond acceptors (Lipinski definition) is 5. The molecule has 1 aliphatic heterocycles. The first-order chi connectivity index (χ1) is 8.11. The van der Waals surface area contributed by atoms with Crippen LogP contribution in [0.3, 0.4) is 0 Å². The highest BCUT2D eigenvalue weighted by Crippen LogP contribution is 2.19. The minimum absolute atomic E-state index is 0.855. The Morgan fingerprint density at radius 3 is 2.18 bits per heavy atom. The van der Waals surface area contributed by atoms with E-state index in [4.69, 9.17) is 19.8 Å². The van der Waals surface area contributed by atoms with Crippen LogP contribution in [0.25, 0.3) is 0 Å². The lowest BCUT2D eigenvalue weighted by Crippen LogP contribution is -2.36. The molecule has 0 spiro atoms. The summed E-state index contributed by atoms with van der Waals surface area (Å²) in [6.07, 6.45) is 0. The first-order valence-electron chi connectivity index (χ1n) is 5.54. The molecular formula is C11H18BNO4. The number of anilines is 1. The van der Waals surface area contributed by atoms with Gasteiger partial charge in [0, 0.05) is 18.8 Å². The molecule has 1 saturated heterocycles. The van der Waals surface area contributed by atoms with E-state index in [0.717, 1.165) is 26.3 Å². The van der Waals surface area contributed by atoms with Crippen LogP contribution in [0.1, 0.15) is 5.56 Å². The first-order valence-corrected chi connectivity index (χ1v) is 5.54. The van der Waals surface area contributed by atoms with E-state index in [1.165, 1.54) is 11.3 Å². The van der Waals surface area contributed by atoms with Crippen LogP contribution >= 0.6 is 0 Å². The van der Waals surface area contributed by atoms with Gasteiger partial charge >= 0.3 is 7.32 Å². The lowest BCUT2D eigenvalue weighted by Gasteiger charge is -2.30. The van der Waals surface area contributed by atoms with E-state index in [-0.39, 0.29) is 0 Å². The zero-order chi connectivity index (χ0) is 12.7. The van der Waals surface area contributed by atoms with Crippen molar-refractivity contribution in [3.8, 4) is 0 Å². The monoisotopic (exact) mass is 239 g/mol. The lowest BCUT2D eigenvalue weighted by molar-refractivity contribution is 0.122. The quantitative estimate of drug-likeness (QED) is 0.591. The van der Waals surface area contributed by atoms with E-state index in [2.05, 4.69) is 36.1 Å². The zero-order valence-electron chi connectivity index (χ0n) is 9.91. The van der Waals surface area contributed by atoms with Crippen molar-refractivity contribution in [1.29, 1.82) is 0 Å². The fraction of sp³-hybridized carbons (Fsp3) is 0.455. The third kappa shape index (κ3) is 5.19. The minimum Gasteiger partial charge on any atom is -0.402 e. The van der Waals surface area contributed by atoms with Gasteiger partial charge in [0.05, 0.1) is 13.2 Å². The Hall–Kier alpha value is -1.08. The summed E-state index contributed by atoms with van der Waals surface area (Å²) < 4.78 is 5.32. The Bertz CT molecular complexity index is 326. The molecular weight excluding hydrogens is 221 g/mol. The van der Waals surface area contributed by atoms with Gasteiger partial charge in [-0.05, 0) is 18.6 Å². The fourth-order valence-electron chi connectivity index (χ4n) is 1.72. The van der Waals surface area contributed by atoms with Gasteiger partial charge in [-0.25, -0.2) is 0 Å². The maximum absolute atomic E-state index is 7.17. The van der Waals surface area contributed by atoms with Crippen molar-refractivity contribution in [3.63, 3.8) is 0 Å². The smallest absolute Gasteiger partial charge is 0.402 e. The van der Waals surface area contributed by atoms with Crippen molar-refractivity contribution >= 4 is 13.0 Å². The van der Waals surface area contributed by atoms with Gasteiger partial charge in [-0.2, -0.15) is 0 Å². The second kappa shape index (κ2) is 7.29. The topological polar surface area (TPSA) is 73.2 Å². The molecule has 6 heteroatoms. The first kappa shape index (κ1) is 14.0. The Balaban J connectivity index is 0.000000317. The van der Waals surface area contributed by atoms with Crippen molar-refractivity contribution in [3.05, 3.63) is 29.8 Å². The van der Waals surface area contributed by atoms with Gasteiger partial charge in [0.2, 0.25) is 0 Å². The van der Waals surface area contributed by atoms with Gasteiger partial charge < -0.3 is 24.7 Å². The van der Waals surface area contributed by atoms with Crippen LogP contribution in [0, 0.1) is 6.92 Å². The Morgan fingerprint density at radius 2 is 1.65 bits per heavy atom.